The highest BCUT2D eigenvalue weighted by Gasteiger charge is 2.24. The van der Waals surface area contributed by atoms with Crippen LogP contribution in [0.1, 0.15) is 97.8 Å². The van der Waals surface area contributed by atoms with Gasteiger partial charge >= 0.3 is 0 Å². The molecular formula is C25H32. The molecule has 0 aromatic heterocycles. The smallest absolute Gasteiger partial charge is 0.0162 e. The number of aryl methyl sites for hydroxylation is 1. The second-order valence-corrected chi connectivity index (χ2v) is 8.46. The van der Waals surface area contributed by atoms with Gasteiger partial charge < -0.3 is 0 Å². The lowest BCUT2D eigenvalue weighted by Crippen LogP contribution is -2.12. The van der Waals surface area contributed by atoms with Gasteiger partial charge in [-0.25, -0.2) is 0 Å². The van der Waals surface area contributed by atoms with Crippen molar-refractivity contribution >= 4 is 0 Å². The van der Waals surface area contributed by atoms with Gasteiger partial charge in [0.05, 0.1) is 0 Å². The zero-order chi connectivity index (χ0) is 17.1. The fourth-order valence-electron chi connectivity index (χ4n) is 5.07. The van der Waals surface area contributed by atoms with E-state index in [1.807, 2.05) is 0 Å². The molecule has 0 heterocycles. The molecule has 0 amide bonds. The van der Waals surface area contributed by atoms with E-state index >= 15 is 0 Å². The maximum atomic E-state index is 2.45. The van der Waals surface area contributed by atoms with Crippen LogP contribution >= 0.6 is 0 Å². The molecule has 2 aromatic carbocycles. The van der Waals surface area contributed by atoms with Crippen molar-refractivity contribution in [3.8, 4) is 0 Å². The van der Waals surface area contributed by atoms with Crippen molar-refractivity contribution < 1.29 is 0 Å². The summed E-state index contributed by atoms with van der Waals surface area (Å²) < 4.78 is 0. The van der Waals surface area contributed by atoms with Crippen molar-refractivity contribution in [2.45, 2.75) is 82.5 Å². The second kappa shape index (κ2) is 7.77. The summed E-state index contributed by atoms with van der Waals surface area (Å²) in [6, 6.07) is 19.0. The van der Waals surface area contributed by atoms with Crippen LogP contribution in [0, 0.1) is 6.92 Å². The van der Waals surface area contributed by atoms with Crippen LogP contribution in [0.15, 0.2) is 48.5 Å². The Kier molecular flexibility index (Phi) is 5.25. The molecule has 0 unspecified atom stereocenters. The van der Waals surface area contributed by atoms with Gasteiger partial charge in [0.2, 0.25) is 0 Å². The lowest BCUT2D eigenvalue weighted by atomic mass is 9.75. The number of hydrogen-bond acceptors (Lipinski definition) is 0. The van der Waals surface area contributed by atoms with Gasteiger partial charge in [0, 0.05) is 0 Å². The Bertz CT molecular complexity index is 650. The fourth-order valence-corrected chi connectivity index (χ4v) is 5.07. The molecule has 0 bridgehead atoms. The largest absolute Gasteiger partial charge is 0.0590 e. The van der Waals surface area contributed by atoms with Crippen molar-refractivity contribution in [2.24, 2.45) is 0 Å². The van der Waals surface area contributed by atoms with E-state index in [9.17, 15) is 0 Å². The molecule has 0 atom stereocenters. The first kappa shape index (κ1) is 16.9. The van der Waals surface area contributed by atoms with Gasteiger partial charge in [-0.05, 0) is 79.9 Å². The summed E-state index contributed by atoms with van der Waals surface area (Å²) in [5, 5.41) is 0. The van der Waals surface area contributed by atoms with Crippen molar-refractivity contribution in [1.82, 2.24) is 0 Å². The molecule has 132 valence electrons. The van der Waals surface area contributed by atoms with Crippen LogP contribution in [-0.2, 0) is 0 Å². The van der Waals surface area contributed by atoms with E-state index in [1.54, 1.807) is 16.7 Å². The summed E-state index contributed by atoms with van der Waals surface area (Å²) in [7, 11) is 0. The predicted octanol–water partition coefficient (Wildman–Crippen LogP) is 7.48. The second-order valence-electron chi connectivity index (χ2n) is 8.46. The number of rotatable bonds is 3. The number of benzene rings is 2. The molecule has 0 nitrogen and oxygen atoms in total. The molecule has 4 rings (SSSR count). The van der Waals surface area contributed by atoms with Gasteiger partial charge in [-0.2, -0.15) is 0 Å². The summed E-state index contributed by atoms with van der Waals surface area (Å²) in [6.45, 7) is 2.18. The van der Waals surface area contributed by atoms with Gasteiger partial charge in [0.15, 0.2) is 0 Å². The third-order valence-corrected chi connectivity index (χ3v) is 6.76. The van der Waals surface area contributed by atoms with Crippen LogP contribution in [0.2, 0.25) is 0 Å². The fraction of sp³-hybridized carbons (Fsp3) is 0.520. The molecule has 0 spiro atoms. The summed E-state index contributed by atoms with van der Waals surface area (Å²) >= 11 is 0. The first-order valence-corrected chi connectivity index (χ1v) is 10.5. The molecule has 0 radical (unpaired) electrons. The molecule has 25 heavy (non-hydrogen) atoms. The maximum Gasteiger partial charge on any atom is -0.0162 e. The van der Waals surface area contributed by atoms with E-state index < -0.39 is 0 Å². The normalized spacial score (nSPS) is 25.0. The molecule has 0 heteroatoms. The first-order chi connectivity index (χ1) is 12.3. The molecule has 2 aromatic rings. The lowest BCUT2D eigenvalue weighted by Gasteiger charge is -2.29. The first-order valence-electron chi connectivity index (χ1n) is 10.5. The molecule has 0 saturated heterocycles. The minimum Gasteiger partial charge on any atom is -0.0590 e. The molecule has 0 aliphatic heterocycles. The predicted molar refractivity (Wildman–Crippen MR) is 107 cm³/mol. The molecule has 2 aliphatic rings. The van der Waals surface area contributed by atoms with Crippen molar-refractivity contribution in [2.75, 3.05) is 0 Å². The highest BCUT2D eigenvalue weighted by molar-refractivity contribution is 5.30. The monoisotopic (exact) mass is 332 g/mol. The van der Waals surface area contributed by atoms with Crippen LogP contribution in [0.25, 0.3) is 0 Å². The van der Waals surface area contributed by atoms with E-state index in [0.29, 0.717) is 0 Å². The van der Waals surface area contributed by atoms with Crippen molar-refractivity contribution in [3.63, 3.8) is 0 Å². The van der Waals surface area contributed by atoms with Gasteiger partial charge in [0.1, 0.15) is 0 Å². The Morgan fingerprint density at radius 2 is 0.840 bits per heavy atom. The average molecular weight is 333 g/mol. The zero-order valence-electron chi connectivity index (χ0n) is 15.7. The van der Waals surface area contributed by atoms with Crippen molar-refractivity contribution in [3.05, 3.63) is 70.8 Å². The van der Waals surface area contributed by atoms with E-state index in [0.717, 1.165) is 17.8 Å². The molecule has 2 aliphatic carbocycles. The quantitative estimate of drug-likeness (QED) is 0.546. The summed E-state index contributed by atoms with van der Waals surface area (Å²) in [5.74, 6) is 2.39. The Morgan fingerprint density at radius 1 is 0.480 bits per heavy atom. The molecule has 0 N–H and O–H groups in total. The SMILES string of the molecule is Cc1ccc(C2CCC(c3ccc(C4CCCCC4)cc3)CC2)cc1. The van der Waals surface area contributed by atoms with E-state index in [2.05, 4.69) is 55.5 Å². The Morgan fingerprint density at radius 3 is 1.28 bits per heavy atom. The summed E-state index contributed by atoms with van der Waals surface area (Å²) in [5.41, 5.74) is 6.10. The zero-order valence-corrected chi connectivity index (χ0v) is 15.7. The standard InChI is InChI=1S/C25H32/c1-19-7-9-21(10-8-19)23-15-17-25(18-16-23)24-13-11-22(12-14-24)20-5-3-2-4-6-20/h7-14,20,23,25H,2-6,15-18H2,1H3. The summed E-state index contributed by atoms with van der Waals surface area (Å²) in [6.07, 6.45) is 12.5. The van der Waals surface area contributed by atoms with E-state index in [-0.39, 0.29) is 0 Å². The lowest BCUT2D eigenvalue weighted by molar-refractivity contribution is 0.396. The third kappa shape index (κ3) is 4.00. The van der Waals surface area contributed by atoms with Crippen molar-refractivity contribution in [1.29, 1.82) is 0 Å². The minimum absolute atomic E-state index is 0.776. The van der Waals surface area contributed by atoms with E-state index in [1.165, 1.54) is 63.4 Å². The van der Waals surface area contributed by atoms with Gasteiger partial charge in [-0.15, -0.1) is 0 Å². The van der Waals surface area contributed by atoms with Crippen LogP contribution in [0.3, 0.4) is 0 Å². The highest BCUT2D eigenvalue weighted by Crippen LogP contribution is 2.41. The topological polar surface area (TPSA) is 0 Å². The molecule has 2 saturated carbocycles. The Labute approximate surface area is 153 Å². The van der Waals surface area contributed by atoms with Crippen LogP contribution < -0.4 is 0 Å². The van der Waals surface area contributed by atoms with Crippen LogP contribution in [0.5, 0.6) is 0 Å². The summed E-state index contributed by atoms with van der Waals surface area (Å²) in [4.78, 5) is 0. The average Bonchev–Trinajstić information content (AvgIpc) is 2.70. The van der Waals surface area contributed by atoms with E-state index in [4.69, 9.17) is 0 Å². The molecule has 2 fully saturated rings. The highest BCUT2D eigenvalue weighted by atomic mass is 14.3. The third-order valence-electron chi connectivity index (χ3n) is 6.76. The number of hydrogen-bond donors (Lipinski definition) is 0. The Hall–Kier alpha value is -1.56. The van der Waals surface area contributed by atoms with Gasteiger partial charge in [-0.1, -0.05) is 73.4 Å². The van der Waals surface area contributed by atoms with Gasteiger partial charge in [-0.3, -0.25) is 0 Å². The molecular weight excluding hydrogens is 300 g/mol. The van der Waals surface area contributed by atoms with Crippen LogP contribution in [0.4, 0.5) is 0 Å². The Balaban J connectivity index is 1.36. The minimum atomic E-state index is 0.776. The maximum absolute atomic E-state index is 2.45. The van der Waals surface area contributed by atoms with Crippen LogP contribution in [-0.4, -0.2) is 0 Å². The van der Waals surface area contributed by atoms with Gasteiger partial charge in [0.25, 0.3) is 0 Å².